The molecule has 2 N–H and O–H groups in total. The highest BCUT2D eigenvalue weighted by atomic mass is 32.1. The Kier molecular flexibility index (Phi) is 3.96. The number of carbonyl (C=O) groups excluding carboxylic acids is 1. The third-order valence-corrected chi connectivity index (χ3v) is 4.50. The monoisotopic (exact) mass is 315 g/mol. The zero-order valence-electron chi connectivity index (χ0n) is 12.5. The standard InChI is InChI=1S/C16H17N3O2S/c1-10-9-11(2)18-16-12(10)13(19-6-3-4-7-19)14(22-16)15(21)17-5-8-20/h3-4,6-7,9,20H,5,8H2,1-2H3,(H,17,21). The van der Waals surface area contributed by atoms with Gasteiger partial charge in [-0.15, -0.1) is 11.3 Å². The number of aliphatic hydroxyl groups is 1. The van der Waals surface area contributed by atoms with Crippen molar-refractivity contribution in [2.24, 2.45) is 0 Å². The van der Waals surface area contributed by atoms with Crippen LogP contribution in [0.15, 0.2) is 30.6 Å². The van der Waals surface area contributed by atoms with E-state index in [1.165, 1.54) is 11.3 Å². The second-order valence-electron chi connectivity index (χ2n) is 5.11. The summed E-state index contributed by atoms with van der Waals surface area (Å²) in [6, 6.07) is 5.88. The van der Waals surface area contributed by atoms with E-state index >= 15 is 0 Å². The highest BCUT2D eigenvalue weighted by molar-refractivity contribution is 7.21. The van der Waals surface area contributed by atoms with Gasteiger partial charge in [0, 0.05) is 30.0 Å². The number of fused-ring (bicyclic) bond motifs is 1. The van der Waals surface area contributed by atoms with Crippen molar-refractivity contribution in [3.05, 3.63) is 46.7 Å². The minimum Gasteiger partial charge on any atom is -0.395 e. The summed E-state index contributed by atoms with van der Waals surface area (Å²) in [5, 5.41) is 12.6. The van der Waals surface area contributed by atoms with Crippen molar-refractivity contribution < 1.29 is 9.90 Å². The summed E-state index contributed by atoms with van der Waals surface area (Å²) < 4.78 is 1.94. The molecule has 0 saturated heterocycles. The smallest absolute Gasteiger partial charge is 0.263 e. The lowest BCUT2D eigenvalue weighted by Crippen LogP contribution is -2.26. The van der Waals surface area contributed by atoms with Gasteiger partial charge < -0.3 is 15.0 Å². The molecular weight excluding hydrogens is 298 g/mol. The van der Waals surface area contributed by atoms with E-state index in [4.69, 9.17) is 5.11 Å². The van der Waals surface area contributed by atoms with Crippen LogP contribution in [0.25, 0.3) is 15.9 Å². The molecule has 6 heteroatoms. The molecule has 114 valence electrons. The van der Waals surface area contributed by atoms with Gasteiger partial charge >= 0.3 is 0 Å². The topological polar surface area (TPSA) is 67.2 Å². The van der Waals surface area contributed by atoms with Crippen LogP contribution >= 0.6 is 11.3 Å². The summed E-state index contributed by atoms with van der Waals surface area (Å²) in [5.41, 5.74) is 2.89. The summed E-state index contributed by atoms with van der Waals surface area (Å²) in [4.78, 5) is 18.5. The van der Waals surface area contributed by atoms with E-state index in [-0.39, 0.29) is 19.1 Å². The number of aliphatic hydroxyl groups excluding tert-OH is 1. The van der Waals surface area contributed by atoms with Crippen molar-refractivity contribution >= 4 is 27.5 Å². The van der Waals surface area contributed by atoms with Gasteiger partial charge in [-0.1, -0.05) is 0 Å². The van der Waals surface area contributed by atoms with Crippen molar-refractivity contribution in [3.8, 4) is 5.69 Å². The maximum Gasteiger partial charge on any atom is 0.263 e. The van der Waals surface area contributed by atoms with Crippen LogP contribution < -0.4 is 5.32 Å². The maximum absolute atomic E-state index is 12.4. The molecule has 3 aromatic rings. The maximum atomic E-state index is 12.4. The summed E-state index contributed by atoms with van der Waals surface area (Å²) in [6.45, 7) is 4.15. The fourth-order valence-corrected chi connectivity index (χ4v) is 3.77. The van der Waals surface area contributed by atoms with E-state index in [1.807, 2.05) is 49.0 Å². The number of thiophene rings is 1. The normalized spacial score (nSPS) is 11.0. The predicted octanol–water partition coefficient (Wildman–Crippen LogP) is 2.43. The molecule has 0 fully saturated rings. The third-order valence-electron chi connectivity index (χ3n) is 3.43. The van der Waals surface area contributed by atoms with E-state index in [0.717, 1.165) is 27.2 Å². The van der Waals surface area contributed by atoms with Crippen molar-refractivity contribution in [1.29, 1.82) is 0 Å². The number of nitrogens with one attached hydrogen (secondary N) is 1. The first-order valence-corrected chi connectivity index (χ1v) is 7.86. The molecule has 0 radical (unpaired) electrons. The molecule has 3 heterocycles. The molecule has 0 spiro atoms. The molecule has 0 aromatic carbocycles. The first-order chi connectivity index (χ1) is 10.6. The molecule has 3 aromatic heterocycles. The van der Waals surface area contributed by atoms with Crippen LogP contribution in [0.3, 0.4) is 0 Å². The first kappa shape index (κ1) is 14.7. The zero-order chi connectivity index (χ0) is 15.7. The summed E-state index contributed by atoms with van der Waals surface area (Å²) in [6.07, 6.45) is 3.84. The number of aromatic nitrogens is 2. The van der Waals surface area contributed by atoms with Crippen LogP contribution in [0.4, 0.5) is 0 Å². The molecule has 0 aliphatic rings. The lowest BCUT2D eigenvalue weighted by atomic mass is 10.1. The van der Waals surface area contributed by atoms with Gasteiger partial charge in [0.15, 0.2) is 0 Å². The Bertz CT molecular complexity index is 822. The molecule has 0 bridgehead atoms. The second kappa shape index (κ2) is 5.90. The minimum absolute atomic E-state index is 0.0775. The Balaban J connectivity index is 2.25. The molecule has 22 heavy (non-hydrogen) atoms. The second-order valence-corrected chi connectivity index (χ2v) is 6.11. The fourth-order valence-electron chi connectivity index (χ4n) is 2.56. The van der Waals surface area contributed by atoms with Gasteiger partial charge in [0.05, 0.1) is 12.3 Å². The number of carbonyl (C=O) groups is 1. The number of rotatable bonds is 4. The Labute approximate surface area is 132 Å². The van der Waals surface area contributed by atoms with Gasteiger partial charge in [-0.2, -0.15) is 0 Å². The van der Waals surface area contributed by atoms with Crippen LogP contribution in [-0.4, -0.2) is 33.7 Å². The molecule has 3 rings (SSSR count). The van der Waals surface area contributed by atoms with Gasteiger partial charge in [-0.05, 0) is 37.6 Å². The van der Waals surface area contributed by atoms with E-state index in [0.29, 0.717) is 4.88 Å². The molecule has 0 aliphatic heterocycles. The summed E-state index contributed by atoms with van der Waals surface area (Å²) in [5.74, 6) is -0.183. The molecular formula is C16H17N3O2S. The first-order valence-electron chi connectivity index (χ1n) is 7.05. The minimum atomic E-state index is -0.183. The quantitative estimate of drug-likeness (QED) is 0.777. The number of hydrogen-bond donors (Lipinski definition) is 2. The van der Waals surface area contributed by atoms with Crippen LogP contribution in [0.1, 0.15) is 20.9 Å². The number of hydrogen-bond acceptors (Lipinski definition) is 4. The number of aryl methyl sites for hydroxylation is 2. The predicted molar refractivity (Wildman–Crippen MR) is 87.8 cm³/mol. The fraction of sp³-hybridized carbons (Fsp3) is 0.250. The van der Waals surface area contributed by atoms with E-state index < -0.39 is 0 Å². The molecule has 0 saturated carbocycles. The van der Waals surface area contributed by atoms with Crippen LogP contribution in [0.5, 0.6) is 0 Å². The van der Waals surface area contributed by atoms with Crippen LogP contribution in [-0.2, 0) is 0 Å². The molecule has 1 amide bonds. The molecule has 5 nitrogen and oxygen atoms in total. The zero-order valence-corrected chi connectivity index (χ0v) is 13.3. The average molecular weight is 315 g/mol. The SMILES string of the molecule is Cc1cc(C)c2c(-n3cccc3)c(C(=O)NCCO)sc2n1. The van der Waals surface area contributed by atoms with Gasteiger partial charge in [0.25, 0.3) is 5.91 Å². The summed E-state index contributed by atoms with van der Waals surface area (Å²) >= 11 is 1.38. The number of amides is 1. The third kappa shape index (κ3) is 2.51. The number of nitrogens with zero attached hydrogens (tertiary/aromatic N) is 2. The highest BCUT2D eigenvalue weighted by Crippen LogP contribution is 2.35. The molecule has 0 unspecified atom stereocenters. The average Bonchev–Trinajstić information content (AvgIpc) is 3.10. The van der Waals surface area contributed by atoms with Gasteiger partial charge in [0.2, 0.25) is 0 Å². The molecule has 0 atom stereocenters. The lowest BCUT2D eigenvalue weighted by molar-refractivity contribution is 0.0949. The van der Waals surface area contributed by atoms with E-state index in [1.54, 1.807) is 0 Å². The molecule has 0 aliphatic carbocycles. The van der Waals surface area contributed by atoms with E-state index in [2.05, 4.69) is 10.3 Å². The Hall–Kier alpha value is -2.18. The summed E-state index contributed by atoms with van der Waals surface area (Å²) in [7, 11) is 0. The number of pyridine rings is 1. The van der Waals surface area contributed by atoms with Crippen LogP contribution in [0, 0.1) is 13.8 Å². The van der Waals surface area contributed by atoms with Gasteiger partial charge in [0.1, 0.15) is 9.71 Å². The highest BCUT2D eigenvalue weighted by Gasteiger charge is 2.21. The lowest BCUT2D eigenvalue weighted by Gasteiger charge is -2.08. The van der Waals surface area contributed by atoms with Crippen molar-refractivity contribution in [2.45, 2.75) is 13.8 Å². The Morgan fingerprint density at radius 3 is 2.77 bits per heavy atom. The van der Waals surface area contributed by atoms with E-state index in [9.17, 15) is 4.79 Å². The van der Waals surface area contributed by atoms with Crippen molar-refractivity contribution in [1.82, 2.24) is 14.9 Å². The van der Waals surface area contributed by atoms with Crippen LogP contribution in [0.2, 0.25) is 0 Å². The van der Waals surface area contributed by atoms with Crippen molar-refractivity contribution in [3.63, 3.8) is 0 Å². The largest absolute Gasteiger partial charge is 0.395 e. The van der Waals surface area contributed by atoms with Gasteiger partial charge in [-0.25, -0.2) is 4.98 Å². The van der Waals surface area contributed by atoms with Gasteiger partial charge in [-0.3, -0.25) is 4.79 Å². The Morgan fingerprint density at radius 1 is 1.36 bits per heavy atom. The Morgan fingerprint density at radius 2 is 2.09 bits per heavy atom. The van der Waals surface area contributed by atoms with Crippen molar-refractivity contribution in [2.75, 3.05) is 13.2 Å².